The van der Waals surface area contributed by atoms with Gasteiger partial charge in [-0.25, -0.2) is 0 Å². The second-order valence-corrected chi connectivity index (χ2v) is 3.18. The molecule has 0 radical (unpaired) electrons. The molecule has 0 saturated heterocycles. The summed E-state index contributed by atoms with van der Waals surface area (Å²) in [5, 5.41) is 2.20. The van der Waals surface area contributed by atoms with E-state index in [1.165, 1.54) is 0 Å². The summed E-state index contributed by atoms with van der Waals surface area (Å²) in [4.78, 5) is 2.59. The van der Waals surface area contributed by atoms with E-state index in [9.17, 15) is 0 Å². The topological polar surface area (TPSA) is 21.3 Å². The lowest BCUT2D eigenvalue weighted by atomic mass is 10.1. The zero-order chi connectivity index (χ0) is 9.97. The molecule has 1 N–H and O–H groups in total. The van der Waals surface area contributed by atoms with Gasteiger partial charge in [-0.2, -0.15) is 0 Å². The van der Waals surface area contributed by atoms with E-state index in [1.54, 1.807) is 7.11 Å². The van der Waals surface area contributed by atoms with Gasteiger partial charge in [0.15, 0.2) is 0 Å². The first kappa shape index (κ1) is 9.16. The highest BCUT2D eigenvalue weighted by Gasteiger charge is 2.02. The molecule has 0 amide bonds. The first-order valence-electron chi connectivity index (χ1n) is 4.28. The monoisotopic (exact) mass is 207 g/mol. The van der Waals surface area contributed by atoms with Gasteiger partial charge < -0.3 is 4.74 Å². The van der Waals surface area contributed by atoms with Crippen LogP contribution >= 0.6 is 11.8 Å². The number of methoxy groups -OCH3 is 1. The minimum Gasteiger partial charge on any atom is -0.496 e. The van der Waals surface area contributed by atoms with Crippen LogP contribution < -0.4 is 9.57 Å². The van der Waals surface area contributed by atoms with Crippen molar-refractivity contribution in [2.75, 3.05) is 11.9 Å². The van der Waals surface area contributed by atoms with Gasteiger partial charge in [-0.05, 0) is 11.5 Å². The molecule has 0 aliphatic heterocycles. The van der Waals surface area contributed by atoms with Crippen molar-refractivity contribution in [3.63, 3.8) is 0 Å². The lowest BCUT2D eigenvalue weighted by Crippen LogP contribution is -1.87. The van der Waals surface area contributed by atoms with Crippen LogP contribution in [0.25, 0.3) is 10.8 Å². The zero-order valence-electron chi connectivity index (χ0n) is 7.75. The molecule has 0 aliphatic carbocycles. The van der Waals surface area contributed by atoms with Gasteiger partial charge in [-0.1, -0.05) is 24.3 Å². The van der Waals surface area contributed by atoms with E-state index in [1.807, 2.05) is 36.4 Å². The fraction of sp³-hybridized carbons (Fsp3) is 0.0909. The van der Waals surface area contributed by atoms with Crippen molar-refractivity contribution in [3.05, 3.63) is 36.4 Å². The fourth-order valence-electron chi connectivity index (χ4n) is 1.50. The van der Waals surface area contributed by atoms with E-state index in [0.717, 1.165) is 22.2 Å². The highest BCUT2D eigenvalue weighted by atomic mass is 35.5. The highest BCUT2D eigenvalue weighted by Crippen LogP contribution is 2.29. The van der Waals surface area contributed by atoms with Crippen LogP contribution in [0.2, 0.25) is 0 Å². The minimum atomic E-state index is 0.825. The Labute approximate surface area is 87.6 Å². The van der Waals surface area contributed by atoms with E-state index >= 15 is 0 Å². The van der Waals surface area contributed by atoms with E-state index in [4.69, 9.17) is 16.5 Å². The van der Waals surface area contributed by atoms with Crippen molar-refractivity contribution in [1.82, 2.24) is 0 Å². The summed E-state index contributed by atoms with van der Waals surface area (Å²) in [5.74, 6) is 0.825. The molecule has 0 saturated carbocycles. The Morgan fingerprint density at radius 3 is 2.71 bits per heavy atom. The quantitative estimate of drug-likeness (QED) is 0.762. The van der Waals surface area contributed by atoms with Crippen LogP contribution in [0.4, 0.5) is 5.69 Å². The number of hydrogen-bond acceptors (Lipinski definition) is 2. The van der Waals surface area contributed by atoms with Crippen LogP contribution in [0.3, 0.4) is 0 Å². The first-order valence-corrected chi connectivity index (χ1v) is 4.66. The van der Waals surface area contributed by atoms with Crippen LogP contribution in [0.5, 0.6) is 5.75 Å². The number of nitrogens with one attached hydrogen (secondary N) is 1. The fourth-order valence-corrected chi connectivity index (χ4v) is 1.61. The molecular weight excluding hydrogens is 198 g/mol. The van der Waals surface area contributed by atoms with Gasteiger partial charge >= 0.3 is 0 Å². The molecule has 0 unspecified atom stereocenters. The molecule has 0 bridgehead atoms. The Morgan fingerprint density at radius 1 is 1.21 bits per heavy atom. The summed E-state index contributed by atoms with van der Waals surface area (Å²) < 4.78 is 5.27. The molecule has 14 heavy (non-hydrogen) atoms. The third-order valence-electron chi connectivity index (χ3n) is 2.15. The van der Waals surface area contributed by atoms with Crippen molar-refractivity contribution < 1.29 is 4.74 Å². The number of fused-ring (bicyclic) bond motifs is 1. The molecule has 3 heteroatoms. The molecule has 0 fully saturated rings. The minimum absolute atomic E-state index is 0.825. The average Bonchev–Trinajstić information content (AvgIpc) is 2.27. The van der Waals surface area contributed by atoms with Gasteiger partial charge in [-0.15, -0.1) is 0 Å². The Hall–Kier alpha value is -1.41. The van der Waals surface area contributed by atoms with Crippen LogP contribution in [-0.4, -0.2) is 7.11 Å². The van der Waals surface area contributed by atoms with Gasteiger partial charge in [0, 0.05) is 23.2 Å². The number of hydrogen-bond donors (Lipinski definition) is 1. The highest BCUT2D eigenvalue weighted by molar-refractivity contribution is 6.24. The molecule has 2 aromatic rings. The Bertz CT molecular complexity index is 456. The largest absolute Gasteiger partial charge is 0.496 e. The SMILES string of the molecule is COc1cc(NCl)cc2ccccc12. The first-order chi connectivity index (χ1) is 6.85. The standard InChI is InChI=1S/C11H10ClNO/c1-14-11-7-9(13-12)6-8-4-2-3-5-10(8)11/h2-7,13H,1H3. The van der Waals surface area contributed by atoms with Crippen LogP contribution in [0.15, 0.2) is 36.4 Å². The molecule has 0 atom stereocenters. The van der Waals surface area contributed by atoms with E-state index in [0.29, 0.717) is 0 Å². The maximum absolute atomic E-state index is 5.55. The van der Waals surface area contributed by atoms with Gasteiger partial charge in [0.2, 0.25) is 0 Å². The molecule has 0 aromatic heterocycles. The molecule has 2 rings (SSSR count). The summed E-state index contributed by atoms with van der Waals surface area (Å²) in [6.45, 7) is 0. The van der Waals surface area contributed by atoms with Gasteiger partial charge in [-0.3, -0.25) is 4.84 Å². The number of ether oxygens (including phenoxy) is 1. The smallest absolute Gasteiger partial charge is 0.128 e. The Kier molecular flexibility index (Phi) is 2.46. The Balaban J connectivity index is 2.73. The molecule has 2 aromatic carbocycles. The average molecular weight is 208 g/mol. The predicted molar refractivity (Wildman–Crippen MR) is 60.0 cm³/mol. The number of anilines is 1. The summed E-state index contributed by atoms with van der Waals surface area (Å²) in [6.07, 6.45) is 0. The van der Waals surface area contributed by atoms with Crippen LogP contribution in [0.1, 0.15) is 0 Å². The Morgan fingerprint density at radius 2 is 2.00 bits per heavy atom. The van der Waals surface area contributed by atoms with Crippen molar-refractivity contribution >= 4 is 28.2 Å². The van der Waals surface area contributed by atoms with Crippen molar-refractivity contribution in [2.24, 2.45) is 0 Å². The maximum Gasteiger partial charge on any atom is 0.128 e. The lowest BCUT2D eigenvalue weighted by Gasteiger charge is -2.07. The molecule has 72 valence electrons. The third kappa shape index (κ3) is 1.49. The summed E-state index contributed by atoms with van der Waals surface area (Å²) in [5.41, 5.74) is 0.835. The molecule has 0 spiro atoms. The maximum atomic E-state index is 5.55. The van der Waals surface area contributed by atoms with Crippen LogP contribution in [-0.2, 0) is 0 Å². The third-order valence-corrected chi connectivity index (χ3v) is 2.37. The second-order valence-electron chi connectivity index (χ2n) is 2.99. The number of halogens is 1. The van der Waals surface area contributed by atoms with Crippen LogP contribution in [0, 0.1) is 0 Å². The molecule has 2 nitrogen and oxygen atoms in total. The number of benzene rings is 2. The van der Waals surface area contributed by atoms with E-state index in [2.05, 4.69) is 4.84 Å². The summed E-state index contributed by atoms with van der Waals surface area (Å²) >= 11 is 5.55. The van der Waals surface area contributed by atoms with Crippen molar-refractivity contribution in [3.8, 4) is 5.75 Å². The van der Waals surface area contributed by atoms with E-state index in [-0.39, 0.29) is 0 Å². The number of rotatable bonds is 2. The van der Waals surface area contributed by atoms with Gasteiger partial charge in [0.05, 0.1) is 12.8 Å². The second kappa shape index (κ2) is 3.76. The van der Waals surface area contributed by atoms with Crippen molar-refractivity contribution in [1.29, 1.82) is 0 Å². The molecule has 0 aliphatic rings. The van der Waals surface area contributed by atoms with Gasteiger partial charge in [0.25, 0.3) is 0 Å². The summed E-state index contributed by atoms with van der Waals surface area (Å²) in [7, 11) is 1.65. The molecule has 0 heterocycles. The predicted octanol–water partition coefficient (Wildman–Crippen LogP) is 3.41. The zero-order valence-corrected chi connectivity index (χ0v) is 8.51. The van der Waals surface area contributed by atoms with Crippen molar-refractivity contribution in [2.45, 2.75) is 0 Å². The summed E-state index contributed by atoms with van der Waals surface area (Å²) in [6, 6.07) is 11.9. The van der Waals surface area contributed by atoms with E-state index < -0.39 is 0 Å². The normalized spacial score (nSPS) is 10.1. The lowest BCUT2D eigenvalue weighted by molar-refractivity contribution is 0.420. The van der Waals surface area contributed by atoms with Gasteiger partial charge in [0.1, 0.15) is 5.75 Å². The molecular formula is C11H10ClNO.